The predicted molar refractivity (Wildman–Crippen MR) is 144 cm³/mol. The van der Waals surface area contributed by atoms with Gasteiger partial charge in [0.25, 0.3) is 5.91 Å². The van der Waals surface area contributed by atoms with E-state index in [1.54, 1.807) is 36.3 Å². The topological polar surface area (TPSA) is 120 Å². The first kappa shape index (κ1) is 26.7. The molecule has 10 nitrogen and oxygen atoms in total. The molecule has 1 atom stereocenters. The molecule has 10 heteroatoms. The van der Waals surface area contributed by atoms with Crippen molar-refractivity contribution >= 4 is 35.0 Å². The molecule has 1 saturated carbocycles. The Morgan fingerprint density at radius 2 is 2.03 bits per heavy atom. The molecule has 1 aromatic carbocycles. The van der Waals surface area contributed by atoms with Gasteiger partial charge >= 0.3 is 0 Å². The lowest BCUT2D eigenvalue weighted by Gasteiger charge is -2.43. The van der Waals surface area contributed by atoms with Crippen molar-refractivity contribution in [1.29, 1.82) is 0 Å². The number of hydrogen-bond donors (Lipinski definition) is 3. The highest BCUT2D eigenvalue weighted by Gasteiger charge is 2.41. The third-order valence-corrected chi connectivity index (χ3v) is 7.07. The van der Waals surface area contributed by atoms with Crippen molar-refractivity contribution in [3.05, 3.63) is 30.0 Å². The molecule has 200 valence electrons. The van der Waals surface area contributed by atoms with Gasteiger partial charge in [0.2, 0.25) is 11.9 Å². The van der Waals surface area contributed by atoms with Crippen molar-refractivity contribution in [1.82, 2.24) is 15.3 Å². The zero-order valence-electron chi connectivity index (χ0n) is 22.0. The maximum atomic E-state index is 13.1. The van der Waals surface area contributed by atoms with E-state index in [1.807, 2.05) is 6.92 Å². The van der Waals surface area contributed by atoms with Gasteiger partial charge in [-0.25, -0.2) is 4.98 Å². The summed E-state index contributed by atoms with van der Waals surface area (Å²) in [5, 5.41) is 15.4. The second kappa shape index (κ2) is 12.2. The Labute approximate surface area is 218 Å². The number of anilines is 4. The monoisotopic (exact) mass is 510 g/mol. The minimum Gasteiger partial charge on any atom is -0.489 e. The van der Waals surface area contributed by atoms with Crippen LogP contribution in [-0.2, 0) is 4.79 Å². The highest BCUT2D eigenvalue weighted by molar-refractivity contribution is 6.04. The quantitative estimate of drug-likeness (QED) is 0.392. The van der Waals surface area contributed by atoms with Crippen LogP contribution in [0.3, 0.4) is 0 Å². The Morgan fingerprint density at radius 1 is 1.24 bits per heavy atom. The number of fused-ring (bicyclic) bond motifs is 1. The molecule has 3 N–H and O–H groups in total. The summed E-state index contributed by atoms with van der Waals surface area (Å²) in [7, 11) is 1.78. The number of carbonyl (C=O) groups is 2. The van der Waals surface area contributed by atoms with Crippen molar-refractivity contribution in [2.75, 3.05) is 41.9 Å². The molecule has 0 spiro atoms. The first-order valence-electron chi connectivity index (χ1n) is 13.3. The van der Waals surface area contributed by atoms with E-state index in [0.29, 0.717) is 41.6 Å². The fourth-order valence-electron chi connectivity index (χ4n) is 5.09. The van der Waals surface area contributed by atoms with Crippen LogP contribution in [0.15, 0.2) is 24.4 Å². The Balaban J connectivity index is 1.64. The van der Waals surface area contributed by atoms with Crippen molar-refractivity contribution in [2.45, 2.75) is 70.9 Å². The van der Waals surface area contributed by atoms with Gasteiger partial charge in [-0.15, -0.1) is 0 Å². The number of benzene rings is 1. The van der Waals surface area contributed by atoms with Crippen LogP contribution >= 0.6 is 0 Å². The fourth-order valence-corrected chi connectivity index (χ4v) is 5.09. The molecular formula is C27H38N6O4. The summed E-state index contributed by atoms with van der Waals surface area (Å²) < 4.78 is 5.74. The van der Waals surface area contributed by atoms with Crippen molar-refractivity contribution < 1.29 is 19.4 Å². The highest BCUT2D eigenvalue weighted by atomic mass is 16.5. The Kier molecular flexibility index (Phi) is 8.81. The van der Waals surface area contributed by atoms with Crippen LogP contribution in [0.25, 0.3) is 0 Å². The highest BCUT2D eigenvalue weighted by Crippen LogP contribution is 2.40. The van der Waals surface area contributed by atoms with Crippen LogP contribution in [0, 0.1) is 0 Å². The molecule has 0 radical (unpaired) electrons. The lowest BCUT2D eigenvalue weighted by molar-refractivity contribution is -0.120. The number of unbranched alkanes of at least 4 members (excludes halogenated alkanes) is 1. The molecule has 4 rings (SSSR count). The Bertz CT molecular complexity index is 1100. The molecule has 2 amide bonds. The third kappa shape index (κ3) is 5.79. The average molecular weight is 511 g/mol. The van der Waals surface area contributed by atoms with Gasteiger partial charge in [-0.2, -0.15) is 4.98 Å². The van der Waals surface area contributed by atoms with Crippen LogP contribution < -0.4 is 25.2 Å². The van der Waals surface area contributed by atoms with E-state index in [1.165, 1.54) is 0 Å². The largest absolute Gasteiger partial charge is 0.489 e. The van der Waals surface area contributed by atoms with E-state index < -0.39 is 0 Å². The minimum absolute atomic E-state index is 0.0682. The van der Waals surface area contributed by atoms with Gasteiger partial charge in [0.05, 0.1) is 18.5 Å². The number of likely N-dealkylation sites (N-methyl/N-ethyl adjacent to an activating group) is 1. The smallest absolute Gasteiger partial charge is 0.251 e. The van der Waals surface area contributed by atoms with E-state index in [9.17, 15) is 14.7 Å². The van der Waals surface area contributed by atoms with Gasteiger partial charge in [-0.05, 0) is 43.9 Å². The summed E-state index contributed by atoms with van der Waals surface area (Å²) in [4.78, 5) is 38.9. The summed E-state index contributed by atoms with van der Waals surface area (Å²) in [5.41, 5.74) is 1.75. The second-order valence-corrected chi connectivity index (χ2v) is 9.59. The number of nitrogens with zero attached hydrogens (tertiary/aromatic N) is 4. The van der Waals surface area contributed by atoms with Crippen LogP contribution in [-0.4, -0.2) is 65.8 Å². The molecule has 37 heavy (non-hydrogen) atoms. The predicted octanol–water partition coefficient (Wildman–Crippen LogP) is 3.63. The summed E-state index contributed by atoms with van der Waals surface area (Å²) in [6, 6.07) is 5.15. The maximum Gasteiger partial charge on any atom is 0.251 e. The zero-order chi connectivity index (χ0) is 26.4. The lowest BCUT2D eigenvalue weighted by atomic mass is 10.0. The number of nitrogens with one attached hydrogen (secondary N) is 2. The average Bonchev–Trinajstić information content (AvgIpc) is 3.44. The zero-order valence-corrected chi connectivity index (χ0v) is 22.0. The van der Waals surface area contributed by atoms with Crippen LogP contribution in [0.1, 0.15) is 69.2 Å². The van der Waals surface area contributed by atoms with E-state index in [4.69, 9.17) is 9.72 Å². The van der Waals surface area contributed by atoms with Gasteiger partial charge in [-0.3, -0.25) is 9.59 Å². The molecule has 0 unspecified atom stereocenters. The lowest BCUT2D eigenvalue weighted by Crippen LogP contribution is -2.55. The summed E-state index contributed by atoms with van der Waals surface area (Å²) in [5.74, 6) is 1.43. The summed E-state index contributed by atoms with van der Waals surface area (Å²) >= 11 is 0. The van der Waals surface area contributed by atoms with Gasteiger partial charge < -0.3 is 30.3 Å². The van der Waals surface area contributed by atoms with Gasteiger partial charge in [0.15, 0.2) is 5.82 Å². The normalized spacial score (nSPS) is 17.6. The maximum absolute atomic E-state index is 13.1. The van der Waals surface area contributed by atoms with E-state index in [0.717, 1.165) is 44.3 Å². The molecular weight excluding hydrogens is 472 g/mol. The van der Waals surface area contributed by atoms with Crippen LogP contribution in [0.4, 0.5) is 23.1 Å². The van der Waals surface area contributed by atoms with Crippen molar-refractivity contribution in [3.63, 3.8) is 0 Å². The van der Waals surface area contributed by atoms with E-state index in [-0.39, 0.29) is 37.1 Å². The minimum atomic E-state index is -0.252. The van der Waals surface area contributed by atoms with Crippen molar-refractivity contribution in [3.8, 4) is 5.75 Å². The first-order chi connectivity index (χ1) is 18.0. The van der Waals surface area contributed by atoms with Crippen LogP contribution in [0.5, 0.6) is 5.75 Å². The number of amides is 2. The number of aliphatic hydroxyl groups is 1. The van der Waals surface area contributed by atoms with Crippen LogP contribution in [0.2, 0.25) is 0 Å². The Hall–Kier alpha value is -3.40. The SMILES string of the molecule is CCCCNC(=O)c1ccc(Nc2ncc3c(n2)N(C2CCCC2)[C@H](CC)C(=O)N3C)c(OCCO)c1. The molecule has 1 aliphatic carbocycles. The third-order valence-electron chi connectivity index (χ3n) is 7.07. The molecule has 2 aliphatic rings. The second-order valence-electron chi connectivity index (χ2n) is 9.59. The number of hydrogen-bond acceptors (Lipinski definition) is 8. The molecule has 1 aliphatic heterocycles. The fraction of sp³-hybridized carbons (Fsp3) is 0.556. The van der Waals surface area contributed by atoms with E-state index in [2.05, 4.69) is 27.4 Å². The number of ether oxygens (including phenoxy) is 1. The summed E-state index contributed by atoms with van der Waals surface area (Å²) in [6.45, 7) is 4.65. The van der Waals surface area contributed by atoms with E-state index >= 15 is 0 Å². The first-order valence-corrected chi connectivity index (χ1v) is 13.3. The number of aliphatic hydroxyl groups excluding tert-OH is 1. The number of carbonyl (C=O) groups excluding carboxylic acids is 2. The van der Waals surface area contributed by atoms with Gasteiger partial charge in [-0.1, -0.05) is 33.1 Å². The Morgan fingerprint density at radius 3 is 2.73 bits per heavy atom. The molecule has 0 bridgehead atoms. The van der Waals surface area contributed by atoms with Gasteiger partial charge in [0.1, 0.15) is 24.1 Å². The molecule has 2 aromatic rings. The number of aromatic nitrogens is 2. The number of rotatable bonds is 11. The standard InChI is InChI=1S/C27H38N6O4/c1-4-6-13-28-25(35)18-11-12-20(23(16-18)37-15-14-34)30-27-29-17-22-24(31-27)33(19-9-7-8-10-19)21(5-2)26(36)32(22)3/h11-12,16-17,19,21,34H,4-10,13-15H2,1-3H3,(H,28,35)(H,29,30,31)/t21-/m1/s1. The van der Waals surface area contributed by atoms with Gasteiger partial charge in [0, 0.05) is 25.2 Å². The molecule has 1 fully saturated rings. The molecule has 2 heterocycles. The molecule has 0 saturated heterocycles. The summed E-state index contributed by atoms with van der Waals surface area (Å²) in [6.07, 6.45) is 8.67. The van der Waals surface area contributed by atoms with Crippen molar-refractivity contribution in [2.24, 2.45) is 0 Å². The molecule has 1 aromatic heterocycles.